The van der Waals surface area contributed by atoms with Crippen LogP contribution >= 0.6 is 0 Å². The van der Waals surface area contributed by atoms with Crippen LogP contribution in [0.25, 0.3) is 0 Å². The van der Waals surface area contributed by atoms with Crippen LogP contribution in [-0.4, -0.2) is 56.2 Å². The van der Waals surface area contributed by atoms with Crippen molar-refractivity contribution in [3.05, 3.63) is 0 Å². The molecule has 2 aliphatic heterocycles. The zero-order valence-corrected chi connectivity index (χ0v) is 16.0. The molecule has 1 unspecified atom stereocenters. The van der Waals surface area contributed by atoms with Gasteiger partial charge >= 0.3 is 0 Å². The van der Waals surface area contributed by atoms with Gasteiger partial charge in [0.1, 0.15) is 0 Å². The van der Waals surface area contributed by atoms with E-state index in [1.54, 1.807) is 0 Å². The first-order valence-corrected chi connectivity index (χ1v) is 10.1. The second kappa shape index (κ2) is 8.03. The number of hydrogen-bond acceptors (Lipinski definition) is 4. The van der Waals surface area contributed by atoms with Crippen LogP contribution in [0.1, 0.15) is 65.7 Å². The predicted octanol–water partition coefficient (Wildman–Crippen LogP) is 3.84. The predicted molar refractivity (Wildman–Crippen MR) is 96.1 cm³/mol. The Bertz CT molecular complexity index is 384. The highest BCUT2D eigenvalue weighted by atomic mass is 16.7. The van der Waals surface area contributed by atoms with Crippen molar-refractivity contribution in [3.63, 3.8) is 0 Å². The fraction of sp³-hybridized carbons (Fsp3) is 1.00. The van der Waals surface area contributed by atoms with Gasteiger partial charge in [0.2, 0.25) is 0 Å². The number of nitrogens with zero attached hydrogens (tertiary/aromatic N) is 1. The van der Waals surface area contributed by atoms with Crippen molar-refractivity contribution in [2.45, 2.75) is 77.6 Å². The lowest BCUT2D eigenvalue weighted by molar-refractivity contribution is -0.197. The van der Waals surface area contributed by atoms with Gasteiger partial charge in [0.15, 0.2) is 5.79 Å². The maximum absolute atomic E-state index is 6.42. The Morgan fingerprint density at radius 2 is 1.83 bits per heavy atom. The van der Waals surface area contributed by atoms with Gasteiger partial charge in [0.25, 0.3) is 0 Å². The SMILES string of the molecule is CCCC(C)(C)C1CCC2(CC1)OCC(CCN1CCOCC1)O2. The average Bonchev–Trinajstić information content (AvgIpc) is 2.97. The van der Waals surface area contributed by atoms with Crippen LogP contribution in [0.3, 0.4) is 0 Å². The van der Waals surface area contributed by atoms with E-state index in [2.05, 4.69) is 25.7 Å². The minimum absolute atomic E-state index is 0.255. The van der Waals surface area contributed by atoms with Gasteiger partial charge in [-0.2, -0.15) is 0 Å². The van der Waals surface area contributed by atoms with Crippen molar-refractivity contribution < 1.29 is 14.2 Å². The molecule has 0 amide bonds. The standard InChI is InChI=1S/C20H37NO3/c1-4-8-19(2,3)17-5-9-20(10-6-17)23-16-18(24-20)7-11-21-12-14-22-15-13-21/h17-18H,4-16H2,1-3H3. The molecular formula is C20H37NO3. The van der Waals surface area contributed by atoms with Crippen molar-refractivity contribution in [1.29, 1.82) is 0 Å². The molecule has 1 atom stereocenters. The fourth-order valence-corrected chi connectivity index (χ4v) is 4.86. The zero-order valence-electron chi connectivity index (χ0n) is 16.0. The van der Waals surface area contributed by atoms with Gasteiger partial charge in [0.05, 0.1) is 25.9 Å². The fourth-order valence-electron chi connectivity index (χ4n) is 4.86. The Hall–Kier alpha value is -0.160. The normalized spacial score (nSPS) is 35.6. The molecule has 0 aromatic rings. The molecular weight excluding hydrogens is 302 g/mol. The summed E-state index contributed by atoms with van der Waals surface area (Å²) in [6, 6.07) is 0. The van der Waals surface area contributed by atoms with Crippen LogP contribution in [0.4, 0.5) is 0 Å². The van der Waals surface area contributed by atoms with Crippen molar-refractivity contribution in [2.75, 3.05) is 39.5 Å². The summed E-state index contributed by atoms with van der Waals surface area (Å²) < 4.78 is 18.0. The molecule has 1 spiro atoms. The molecule has 2 heterocycles. The summed E-state index contributed by atoms with van der Waals surface area (Å²) in [4.78, 5) is 2.49. The van der Waals surface area contributed by atoms with Crippen LogP contribution < -0.4 is 0 Å². The summed E-state index contributed by atoms with van der Waals surface area (Å²) >= 11 is 0. The highest BCUT2D eigenvalue weighted by Crippen LogP contribution is 2.47. The first kappa shape index (κ1) is 18.6. The maximum Gasteiger partial charge on any atom is 0.168 e. The molecule has 0 N–H and O–H groups in total. The zero-order chi connectivity index (χ0) is 17.0. The summed E-state index contributed by atoms with van der Waals surface area (Å²) in [7, 11) is 0. The molecule has 1 aliphatic carbocycles. The minimum atomic E-state index is -0.255. The highest BCUT2D eigenvalue weighted by molar-refractivity contribution is 4.90. The van der Waals surface area contributed by atoms with Crippen molar-refractivity contribution >= 4 is 0 Å². The monoisotopic (exact) mass is 339 g/mol. The summed E-state index contributed by atoms with van der Waals surface area (Å²) in [6.45, 7) is 13.0. The summed E-state index contributed by atoms with van der Waals surface area (Å²) in [6.07, 6.45) is 8.66. The van der Waals surface area contributed by atoms with Gasteiger partial charge in [-0.1, -0.05) is 27.2 Å². The Morgan fingerprint density at radius 3 is 2.50 bits per heavy atom. The number of morpholine rings is 1. The minimum Gasteiger partial charge on any atom is -0.379 e. The molecule has 140 valence electrons. The van der Waals surface area contributed by atoms with Gasteiger partial charge in [0, 0.05) is 32.5 Å². The quantitative estimate of drug-likeness (QED) is 0.736. The van der Waals surface area contributed by atoms with Crippen LogP contribution in [0.5, 0.6) is 0 Å². The molecule has 3 aliphatic rings. The van der Waals surface area contributed by atoms with Crippen LogP contribution in [0.2, 0.25) is 0 Å². The molecule has 0 radical (unpaired) electrons. The lowest BCUT2D eigenvalue weighted by atomic mass is 9.68. The van der Waals surface area contributed by atoms with Crippen LogP contribution in [0.15, 0.2) is 0 Å². The lowest BCUT2D eigenvalue weighted by Gasteiger charge is -2.42. The molecule has 1 saturated carbocycles. The van der Waals surface area contributed by atoms with Crippen LogP contribution in [0, 0.1) is 11.3 Å². The number of rotatable bonds is 6. The second-order valence-electron chi connectivity index (χ2n) is 8.72. The third-order valence-corrected chi connectivity index (χ3v) is 6.53. The van der Waals surface area contributed by atoms with E-state index >= 15 is 0 Å². The first-order chi connectivity index (χ1) is 11.5. The Labute approximate surface area is 148 Å². The molecule has 0 aromatic carbocycles. The molecule has 3 fully saturated rings. The van der Waals surface area contributed by atoms with Crippen molar-refractivity contribution in [1.82, 2.24) is 4.90 Å². The smallest absolute Gasteiger partial charge is 0.168 e. The third-order valence-electron chi connectivity index (χ3n) is 6.53. The van der Waals surface area contributed by atoms with Gasteiger partial charge in [-0.15, -0.1) is 0 Å². The van der Waals surface area contributed by atoms with Gasteiger partial charge in [-0.05, 0) is 37.0 Å². The second-order valence-corrected chi connectivity index (χ2v) is 8.72. The number of hydrogen-bond donors (Lipinski definition) is 0. The Balaban J connectivity index is 1.42. The van der Waals surface area contributed by atoms with Gasteiger partial charge in [-0.25, -0.2) is 0 Å². The molecule has 0 aromatic heterocycles. The van der Waals surface area contributed by atoms with E-state index in [1.807, 2.05) is 0 Å². The largest absolute Gasteiger partial charge is 0.379 e. The van der Waals surface area contributed by atoms with E-state index in [-0.39, 0.29) is 11.9 Å². The molecule has 24 heavy (non-hydrogen) atoms. The van der Waals surface area contributed by atoms with E-state index in [0.717, 1.165) is 64.6 Å². The summed E-state index contributed by atoms with van der Waals surface area (Å²) in [5, 5.41) is 0. The van der Waals surface area contributed by atoms with E-state index in [0.29, 0.717) is 5.41 Å². The molecule has 4 nitrogen and oxygen atoms in total. The lowest BCUT2D eigenvalue weighted by Crippen LogP contribution is -2.40. The van der Waals surface area contributed by atoms with E-state index < -0.39 is 0 Å². The number of ether oxygens (including phenoxy) is 3. The van der Waals surface area contributed by atoms with Crippen molar-refractivity contribution in [3.8, 4) is 0 Å². The van der Waals surface area contributed by atoms with E-state index in [4.69, 9.17) is 14.2 Å². The van der Waals surface area contributed by atoms with Crippen LogP contribution in [-0.2, 0) is 14.2 Å². The maximum atomic E-state index is 6.42. The average molecular weight is 340 g/mol. The molecule has 0 bridgehead atoms. The third kappa shape index (κ3) is 4.51. The Kier molecular flexibility index (Phi) is 6.23. The molecule has 3 rings (SSSR count). The highest BCUT2D eigenvalue weighted by Gasteiger charge is 2.46. The topological polar surface area (TPSA) is 30.9 Å². The first-order valence-electron chi connectivity index (χ1n) is 10.1. The van der Waals surface area contributed by atoms with Crippen molar-refractivity contribution in [2.24, 2.45) is 11.3 Å². The molecule has 2 saturated heterocycles. The summed E-state index contributed by atoms with van der Waals surface area (Å²) in [5.41, 5.74) is 0.463. The van der Waals surface area contributed by atoms with Gasteiger partial charge < -0.3 is 14.2 Å². The van der Waals surface area contributed by atoms with E-state index in [9.17, 15) is 0 Å². The molecule has 4 heteroatoms. The van der Waals surface area contributed by atoms with Gasteiger partial charge in [-0.3, -0.25) is 4.90 Å². The summed E-state index contributed by atoms with van der Waals surface area (Å²) in [5.74, 6) is 0.566. The Morgan fingerprint density at radius 1 is 1.12 bits per heavy atom. The van der Waals surface area contributed by atoms with E-state index in [1.165, 1.54) is 25.7 Å².